The maximum Gasteiger partial charge on any atom is 0.407 e. The lowest BCUT2D eigenvalue weighted by atomic mass is 9.92. The molecule has 1 saturated carbocycles. The van der Waals surface area contributed by atoms with E-state index in [9.17, 15) is 15.0 Å². The van der Waals surface area contributed by atoms with Gasteiger partial charge in [0, 0.05) is 16.2 Å². The van der Waals surface area contributed by atoms with Crippen LogP contribution < -0.4 is 0 Å². The van der Waals surface area contributed by atoms with Gasteiger partial charge in [0.25, 0.3) is 0 Å². The predicted molar refractivity (Wildman–Crippen MR) is 99.5 cm³/mol. The zero-order valence-electron chi connectivity index (χ0n) is 13.6. The highest BCUT2D eigenvalue weighted by Gasteiger charge is 2.27. The fraction of sp³-hybridized carbons (Fsp3) is 0.611. The van der Waals surface area contributed by atoms with Crippen LogP contribution in [0.15, 0.2) is 24.3 Å². The van der Waals surface area contributed by atoms with Gasteiger partial charge in [0.05, 0.1) is 6.10 Å². The number of nitrogens with zero attached hydrogens (tertiary/aromatic N) is 1. The van der Waals surface area contributed by atoms with Crippen molar-refractivity contribution in [3.05, 3.63) is 33.4 Å². The lowest BCUT2D eigenvalue weighted by Crippen LogP contribution is -2.43. The second kappa shape index (κ2) is 8.87. The van der Waals surface area contributed by atoms with Crippen molar-refractivity contribution in [1.82, 2.24) is 4.90 Å². The number of rotatable bonds is 6. The number of hydrogen-bond donors (Lipinski definition) is 2. The summed E-state index contributed by atoms with van der Waals surface area (Å²) in [5.41, 5.74) is 0.930. The molecule has 23 heavy (non-hydrogen) atoms. The van der Waals surface area contributed by atoms with Crippen LogP contribution in [0.5, 0.6) is 0 Å². The first-order valence-corrected chi connectivity index (χ1v) is 9.49. The summed E-state index contributed by atoms with van der Waals surface area (Å²) in [6.45, 7) is 2.53. The highest BCUT2D eigenvalue weighted by molar-refractivity contribution is 14.1. The number of halogens is 1. The van der Waals surface area contributed by atoms with Crippen molar-refractivity contribution in [2.24, 2.45) is 5.92 Å². The van der Waals surface area contributed by atoms with Crippen molar-refractivity contribution < 1.29 is 15.0 Å². The summed E-state index contributed by atoms with van der Waals surface area (Å²) >= 11 is 2.23. The standard InChI is InChI=1S/C18H26INO3/c1-13(11-17(21)15-9-5-6-10-16(15)19)12-20(18(22)23)14-7-3-2-4-8-14/h5-6,9-10,13-14,17,21H,2-4,7-8,11-12H2,1H3,(H,22,23)/t13?,17-/m1/s1. The number of aliphatic hydroxyl groups is 1. The fourth-order valence-electron chi connectivity index (χ4n) is 3.44. The smallest absolute Gasteiger partial charge is 0.407 e. The topological polar surface area (TPSA) is 60.8 Å². The zero-order chi connectivity index (χ0) is 16.8. The van der Waals surface area contributed by atoms with Gasteiger partial charge in [-0.2, -0.15) is 0 Å². The zero-order valence-corrected chi connectivity index (χ0v) is 15.8. The summed E-state index contributed by atoms with van der Waals surface area (Å²) in [6, 6.07) is 7.95. The molecule has 4 nitrogen and oxygen atoms in total. The number of carbonyl (C=O) groups is 1. The lowest BCUT2D eigenvalue weighted by molar-refractivity contribution is 0.0871. The van der Waals surface area contributed by atoms with E-state index >= 15 is 0 Å². The number of amides is 1. The first-order chi connectivity index (χ1) is 11.0. The second-order valence-corrected chi connectivity index (χ2v) is 7.77. The first-order valence-electron chi connectivity index (χ1n) is 8.41. The van der Waals surface area contributed by atoms with E-state index in [2.05, 4.69) is 22.6 Å². The van der Waals surface area contributed by atoms with Crippen molar-refractivity contribution in [3.63, 3.8) is 0 Å². The molecule has 0 spiro atoms. The number of benzene rings is 1. The van der Waals surface area contributed by atoms with Gasteiger partial charge in [0.2, 0.25) is 0 Å². The molecule has 2 atom stereocenters. The van der Waals surface area contributed by atoms with Gasteiger partial charge in [-0.1, -0.05) is 44.4 Å². The van der Waals surface area contributed by atoms with Crippen LogP contribution >= 0.6 is 22.6 Å². The molecule has 1 aliphatic carbocycles. The molecule has 0 bridgehead atoms. The van der Waals surface area contributed by atoms with E-state index in [0.717, 1.165) is 34.8 Å². The Bertz CT molecular complexity index is 517. The quantitative estimate of drug-likeness (QED) is 0.644. The number of aliphatic hydroxyl groups excluding tert-OH is 1. The molecule has 0 aliphatic heterocycles. The molecule has 128 valence electrons. The molecule has 1 aliphatic rings. The highest BCUT2D eigenvalue weighted by Crippen LogP contribution is 2.28. The monoisotopic (exact) mass is 431 g/mol. The minimum absolute atomic E-state index is 0.124. The summed E-state index contributed by atoms with van der Waals surface area (Å²) in [5, 5.41) is 20.0. The fourth-order valence-corrected chi connectivity index (χ4v) is 4.19. The number of hydrogen-bond acceptors (Lipinski definition) is 2. The van der Waals surface area contributed by atoms with Crippen LogP contribution in [0, 0.1) is 9.49 Å². The maximum atomic E-state index is 11.6. The van der Waals surface area contributed by atoms with Gasteiger partial charge < -0.3 is 15.1 Å². The Hall–Kier alpha value is -0.820. The van der Waals surface area contributed by atoms with Crippen molar-refractivity contribution >= 4 is 28.7 Å². The van der Waals surface area contributed by atoms with Crippen LogP contribution in [0.3, 0.4) is 0 Å². The van der Waals surface area contributed by atoms with Crippen LogP contribution in [0.4, 0.5) is 4.79 Å². The van der Waals surface area contributed by atoms with Gasteiger partial charge in [-0.25, -0.2) is 4.79 Å². The molecule has 1 aromatic rings. The Labute approximate surface area is 152 Å². The third-order valence-corrected chi connectivity index (χ3v) is 5.64. The van der Waals surface area contributed by atoms with Gasteiger partial charge in [0.15, 0.2) is 0 Å². The van der Waals surface area contributed by atoms with Crippen LogP contribution in [0.25, 0.3) is 0 Å². The van der Waals surface area contributed by atoms with Crippen molar-refractivity contribution in [2.75, 3.05) is 6.54 Å². The minimum Gasteiger partial charge on any atom is -0.465 e. The van der Waals surface area contributed by atoms with E-state index < -0.39 is 12.2 Å². The predicted octanol–water partition coefficient (Wildman–Crippen LogP) is 4.66. The van der Waals surface area contributed by atoms with E-state index in [0.29, 0.717) is 13.0 Å². The molecule has 1 unspecified atom stereocenters. The van der Waals surface area contributed by atoms with Crippen LogP contribution in [-0.4, -0.2) is 33.8 Å². The average molecular weight is 431 g/mol. The van der Waals surface area contributed by atoms with Crippen LogP contribution in [0.1, 0.15) is 57.1 Å². The molecular formula is C18H26INO3. The second-order valence-electron chi connectivity index (χ2n) is 6.60. The van der Waals surface area contributed by atoms with Gasteiger partial charge in [0.1, 0.15) is 0 Å². The lowest BCUT2D eigenvalue weighted by Gasteiger charge is -2.34. The summed E-state index contributed by atoms with van der Waals surface area (Å²) < 4.78 is 1.05. The third kappa shape index (κ3) is 5.35. The SMILES string of the molecule is CC(C[C@@H](O)c1ccccc1I)CN(C(=O)O)C1CCCCC1. The van der Waals surface area contributed by atoms with Crippen molar-refractivity contribution in [1.29, 1.82) is 0 Å². The van der Waals surface area contributed by atoms with Crippen LogP contribution in [0.2, 0.25) is 0 Å². The summed E-state index contributed by atoms with van der Waals surface area (Å²) in [5.74, 6) is 0.124. The Morgan fingerprint density at radius 2 is 1.96 bits per heavy atom. The van der Waals surface area contributed by atoms with Gasteiger partial charge >= 0.3 is 6.09 Å². The average Bonchev–Trinajstić information content (AvgIpc) is 2.53. The van der Waals surface area contributed by atoms with E-state index in [1.54, 1.807) is 4.90 Å². The molecule has 0 saturated heterocycles. The first kappa shape index (κ1) is 18.5. The molecule has 5 heteroatoms. The molecule has 1 aromatic carbocycles. The van der Waals surface area contributed by atoms with E-state index in [1.807, 2.05) is 31.2 Å². The van der Waals surface area contributed by atoms with Crippen LogP contribution in [-0.2, 0) is 0 Å². The molecular weight excluding hydrogens is 405 g/mol. The summed E-state index contributed by atoms with van der Waals surface area (Å²) in [6.07, 6.45) is 4.60. The molecule has 0 heterocycles. The molecule has 2 rings (SSSR count). The normalized spacial score (nSPS) is 18.4. The molecule has 1 fully saturated rings. The molecule has 0 radical (unpaired) electrons. The van der Waals surface area contributed by atoms with Crippen molar-refractivity contribution in [2.45, 2.75) is 57.6 Å². The van der Waals surface area contributed by atoms with Gasteiger partial charge in [-0.3, -0.25) is 0 Å². The molecule has 0 aromatic heterocycles. The van der Waals surface area contributed by atoms with Crippen molar-refractivity contribution in [3.8, 4) is 0 Å². The Balaban J connectivity index is 1.94. The van der Waals surface area contributed by atoms with E-state index in [4.69, 9.17) is 0 Å². The minimum atomic E-state index is -0.826. The van der Waals surface area contributed by atoms with Gasteiger partial charge in [-0.05, 0) is 59.4 Å². The maximum absolute atomic E-state index is 11.6. The van der Waals surface area contributed by atoms with E-state index in [-0.39, 0.29) is 12.0 Å². The summed E-state index contributed by atoms with van der Waals surface area (Å²) in [4.78, 5) is 13.2. The third-order valence-electron chi connectivity index (χ3n) is 4.66. The van der Waals surface area contributed by atoms with Gasteiger partial charge in [-0.15, -0.1) is 0 Å². The summed E-state index contributed by atoms with van der Waals surface area (Å²) in [7, 11) is 0. The van der Waals surface area contributed by atoms with E-state index in [1.165, 1.54) is 6.42 Å². The Morgan fingerprint density at radius 1 is 1.30 bits per heavy atom. The molecule has 1 amide bonds. The highest BCUT2D eigenvalue weighted by atomic mass is 127. The number of carboxylic acid groups (broad SMARTS) is 1. The molecule has 2 N–H and O–H groups in total. The Kier molecular flexibility index (Phi) is 7.14. The Morgan fingerprint density at radius 3 is 2.57 bits per heavy atom. The largest absolute Gasteiger partial charge is 0.465 e.